The number of fused-ring (bicyclic) bond motifs is 1. The zero-order valence-corrected chi connectivity index (χ0v) is 11.9. The summed E-state index contributed by atoms with van der Waals surface area (Å²) in [5.41, 5.74) is 8.17. The number of nitrogens with one attached hydrogen (secondary N) is 1. The summed E-state index contributed by atoms with van der Waals surface area (Å²) in [5, 5.41) is 8.74. The molecule has 0 spiro atoms. The standard InChI is InChI=1S/C15H20N4O/c1-3-20-9-8-19(2)14-11-6-4-5-7-13(11)18-10-12(14)15(16)17/h4-7,10H,3,8-9H2,1-2H3,(H3,16,17). The predicted octanol–water partition coefficient (Wildman–Crippen LogP) is 1.99. The number of aromatic nitrogens is 1. The van der Waals surface area contributed by atoms with Crippen molar-refractivity contribution < 1.29 is 4.74 Å². The van der Waals surface area contributed by atoms with E-state index in [1.807, 2.05) is 38.2 Å². The highest BCUT2D eigenvalue weighted by Crippen LogP contribution is 2.28. The van der Waals surface area contributed by atoms with E-state index in [2.05, 4.69) is 9.88 Å². The van der Waals surface area contributed by atoms with Crippen LogP contribution in [0.15, 0.2) is 30.5 Å². The summed E-state index contributed by atoms with van der Waals surface area (Å²) in [6.07, 6.45) is 1.66. The molecule has 0 saturated heterocycles. The van der Waals surface area contributed by atoms with Gasteiger partial charge in [-0.05, 0) is 13.0 Å². The van der Waals surface area contributed by atoms with Gasteiger partial charge in [-0.15, -0.1) is 0 Å². The molecule has 0 aliphatic rings. The van der Waals surface area contributed by atoms with Crippen molar-refractivity contribution in [3.63, 3.8) is 0 Å². The van der Waals surface area contributed by atoms with E-state index in [9.17, 15) is 0 Å². The maximum absolute atomic E-state index is 7.74. The highest BCUT2D eigenvalue weighted by molar-refractivity contribution is 6.07. The van der Waals surface area contributed by atoms with Crippen LogP contribution in [-0.4, -0.2) is 37.6 Å². The Labute approximate surface area is 118 Å². The number of nitrogens with zero attached hydrogens (tertiary/aromatic N) is 2. The second-order valence-electron chi connectivity index (χ2n) is 4.57. The van der Waals surface area contributed by atoms with Gasteiger partial charge in [0.2, 0.25) is 0 Å². The van der Waals surface area contributed by atoms with Gasteiger partial charge in [0.25, 0.3) is 0 Å². The summed E-state index contributed by atoms with van der Waals surface area (Å²) >= 11 is 0. The molecule has 2 aromatic rings. The summed E-state index contributed by atoms with van der Waals surface area (Å²) < 4.78 is 5.40. The summed E-state index contributed by atoms with van der Waals surface area (Å²) in [6.45, 7) is 4.05. The zero-order chi connectivity index (χ0) is 14.5. The summed E-state index contributed by atoms with van der Waals surface area (Å²) in [5.74, 6) is 0.0292. The number of pyridine rings is 1. The van der Waals surface area contributed by atoms with Crippen LogP contribution in [0.5, 0.6) is 0 Å². The highest BCUT2D eigenvalue weighted by atomic mass is 16.5. The predicted molar refractivity (Wildman–Crippen MR) is 82.5 cm³/mol. The fourth-order valence-electron chi connectivity index (χ4n) is 2.19. The van der Waals surface area contributed by atoms with Gasteiger partial charge in [-0.3, -0.25) is 10.4 Å². The van der Waals surface area contributed by atoms with Crippen molar-refractivity contribution >= 4 is 22.4 Å². The van der Waals surface area contributed by atoms with Gasteiger partial charge in [0.1, 0.15) is 5.84 Å². The second-order valence-corrected chi connectivity index (χ2v) is 4.57. The Morgan fingerprint density at radius 3 is 2.85 bits per heavy atom. The second kappa shape index (κ2) is 6.34. The van der Waals surface area contributed by atoms with E-state index in [-0.39, 0.29) is 5.84 Å². The van der Waals surface area contributed by atoms with Gasteiger partial charge < -0.3 is 15.4 Å². The number of benzene rings is 1. The molecule has 5 heteroatoms. The largest absolute Gasteiger partial charge is 0.384 e. The van der Waals surface area contributed by atoms with Crippen LogP contribution < -0.4 is 10.6 Å². The third-order valence-electron chi connectivity index (χ3n) is 3.19. The molecular formula is C15H20N4O. The lowest BCUT2D eigenvalue weighted by Gasteiger charge is -2.23. The minimum atomic E-state index is 0.0292. The van der Waals surface area contributed by atoms with Gasteiger partial charge in [-0.1, -0.05) is 18.2 Å². The molecule has 5 nitrogen and oxygen atoms in total. The van der Waals surface area contributed by atoms with Gasteiger partial charge in [0, 0.05) is 31.8 Å². The molecule has 0 saturated carbocycles. The Morgan fingerprint density at radius 2 is 2.15 bits per heavy atom. The van der Waals surface area contributed by atoms with Gasteiger partial charge >= 0.3 is 0 Å². The van der Waals surface area contributed by atoms with Crippen LogP contribution in [0, 0.1) is 5.41 Å². The van der Waals surface area contributed by atoms with Crippen LogP contribution in [0.4, 0.5) is 5.69 Å². The third kappa shape index (κ3) is 2.88. The quantitative estimate of drug-likeness (QED) is 0.479. The van der Waals surface area contributed by atoms with E-state index in [0.29, 0.717) is 18.8 Å². The average molecular weight is 272 g/mol. The van der Waals surface area contributed by atoms with Gasteiger partial charge in [-0.2, -0.15) is 0 Å². The Hall–Kier alpha value is -2.14. The molecule has 1 aromatic heterocycles. The molecular weight excluding hydrogens is 252 g/mol. The Morgan fingerprint density at radius 1 is 1.40 bits per heavy atom. The molecule has 0 amide bonds. The molecule has 1 heterocycles. The van der Waals surface area contributed by atoms with E-state index < -0.39 is 0 Å². The molecule has 20 heavy (non-hydrogen) atoms. The van der Waals surface area contributed by atoms with Gasteiger partial charge in [0.05, 0.1) is 23.4 Å². The molecule has 0 aliphatic carbocycles. The number of anilines is 1. The lowest BCUT2D eigenvalue weighted by atomic mass is 10.1. The lowest BCUT2D eigenvalue weighted by molar-refractivity contribution is 0.154. The fraction of sp³-hybridized carbons (Fsp3) is 0.333. The van der Waals surface area contributed by atoms with Crippen molar-refractivity contribution in [2.45, 2.75) is 6.92 Å². The SMILES string of the molecule is CCOCCN(C)c1c(C(=N)N)cnc2ccccc12. The van der Waals surface area contributed by atoms with Crippen molar-refractivity contribution in [1.29, 1.82) is 5.41 Å². The summed E-state index contributed by atoms with van der Waals surface area (Å²) in [6, 6.07) is 7.88. The van der Waals surface area contributed by atoms with Crippen molar-refractivity contribution in [3.8, 4) is 0 Å². The van der Waals surface area contributed by atoms with Crippen LogP contribution in [0.1, 0.15) is 12.5 Å². The molecule has 3 N–H and O–H groups in total. The minimum absolute atomic E-state index is 0.0292. The van der Waals surface area contributed by atoms with E-state index in [1.165, 1.54) is 0 Å². The zero-order valence-electron chi connectivity index (χ0n) is 11.9. The fourth-order valence-corrected chi connectivity index (χ4v) is 2.19. The van der Waals surface area contributed by atoms with Crippen molar-refractivity contribution in [2.75, 3.05) is 31.7 Å². The Kier molecular flexibility index (Phi) is 4.53. The number of nitrogens with two attached hydrogens (primary N) is 1. The monoisotopic (exact) mass is 272 g/mol. The number of nitrogen functional groups attached to an aromatic ring is 1. The highest BCUT2D eigenvalue weighted by Gasteiger charge is 2.14. The van der Waals surface area contributed by atoms with Crippen molar-refractivity contribution in [1.82, 2.24) is 4.98 Å². The summed E-state index contributed by atoms with van der Waals surface area (Å²) in [7, 11) is 1.98. The number of hydrogen-bond donors (Lipinski definition) is 2. The first kappa shape index (κ1) is 14.3. The summed E-state index contributed by atoms with van der Waals surface area (Å²) in [4.78, 5) is 6.43. The smallest absolute Gasteiger partial charge is 0.126 e. The number of rotatable bonds is 6. The number of amidine groups is 1. The maximum atomic E-state index is 7.74. The van der Waals surface area contributed by atoms with Crippen molar-refractivity contribution in [2.24, 2.45) is 5.73 Å². The van der Waals surface area contributed by atoms with Crippen LogP contribution in [-0.2, 0) is 4.74 Å². The van der Waals surface area contributed by atoms with Gasteiger partial charge in [-0.25, -0.2) is 0 Å². The van der Waals surface area contributed by atoms with Gasteiger partial charge in [0.15, 0.2) is 0 Å². The van der Waals surface area contributed by atoms with Crippen LogP contribution in [0.25, 0.3) is 10.9 Å². The lowest BCUT2D eigenvalue weighted by Crippen LogP contribution is -2.26. The van der Waals surface area contributed by atoms with E-state index >= 15 is 0 Å². The molecule has 0 radical (unpaired) electrons. The molecule has 0 bridgehead atoms. The molecule has 1 aromatic carbocycles. The molecule has 2 rings (SSSR count). The molecule has 0 atom stereocenters. The number of hydrogen-bond acceptors (Lipinski definition) is 4. The molecule has 106 valence electrons. The average Bonchev–Trinajstić information content (AvgIpc) is 2.46. The Balaban J connectivity index is 2.46. The number of likely N-dealkylation sites (N-methyl/N-ethyl adjacent to an activating group) is 1. The van der Waals surface area contributed by atoms with E-state index in [1.54, 1.807) is 6.20 Å². The molecule has 0 aliphatic heterocycles. The normalized spacial score (nSPS) is 10.7. The topological polar surface area (TPSA) is 75.2 Å². The Bertz CT molecular complexity index is 612. The first-order valence-corrected chi connectivity index (χ1v) is 6.66. The first-order chi connectivity index (χ1) is 9.65. The van der Waals surface area contributed by atoms with Crippen LogP contribution in [0.2, 0.25) is 0 Å². The molecule has 0 unspecified atom stereocenters. The minimum Gasteiger partial charge on any atom is -0.384 e. The van der Waals surface area contributed by atoms with Crippen LogP contribution >= 0.6 is 0 Å². The third-order valence-corrected chi connectivity index (χ3v) is 3.19. The van der Waals surface area contributed by atoms with Crippen molar-refractivity contribution in [3.05, 3.63) is 36.0 Å². The van der Waals surface area contributed by atoms with E-state index in [4.69, 9.17) is 15.9 Å². The van der Waals surface area contributed by atoms with E-state index in [0.717, 1.165) is 23.1 Å². The maximum Gasteiger partial charge on any atom is 0.126 e. The number of ether oxygens (including phenoxy) is 1. The molecule has 0 fully saturated rings. The van der Waals surface area contributed by atoms with Crippen LogP contribution in [0.3, 0.4) is 0 Å². The first-order valence-electron chi connectivity index (χ1n) is 6.66. The number of para-hydroxylation sites is 1.